The smallest absolute Gasteiger partial charge is 0.309 e. The summed E-state index contributed by atoms with van der Waals surface area (Å²) in [5, 5.41) is 5.23. The number of nitrogens with one attached hydrogen (secondary N) is 2. The molecule has 1 aromatic rings. The molecule has 1 rings (SSSR count). The van der Waals surface area contributed by atoms with Gasteiger partial charge in [0.25, 0.3) is 0 Å². The molecule has 0 aliphatic heterocycles. The third-order valence-corrected chi connectivity index (χ3v) is 3.12. The van der Waals surface area contributed by atoms with Crippen molar-refractivity contribution in [2.75, 3.05) is 26.9 Å². The Morgan fingerprint density at radius 1 is 1.18 bits per heavy atom. The van der Waals surface area contributed by atoms with Gasteiger partial charge in [-0.3, -0.25) is 9.59 Å². The van der Waals surface area contributed by atoms with E-state index >= 15 is 0 Å². The average molecular weight is 308 g/mol. The summed E-state index contributed by atoms with van der Waals surface area (Å²) >= 11 is 0. The molecule has 1 atom stereocenters. The number of hydrogen-bond donors (Lipinski definition) is 2. The molecule has 0 aliphatic rings. The number of carbonyl (C=O) groups excluding carboxylic acids is 2. The normalized spacial score (nSPS) is 11.6. The first-order chi connectivity index (χ1) is 10.6. The number of carbonyl (C=O) groups is 2. The van der Waals surface area contributed by atoms with Gasteiger partial charge in [-0.1, -0.05) is 12.1 Å². The topological polar surface area (TPSA) is 76.7 Å². The van der Waals surface area contributed by atoms with Gasteiger partial charge in [-0.25, -0.2) is 0 Å². The standard InChI is InChI=1S/C16H24N2O4/c1-4-22-11-5-10-17-15(19)16(20)18-12(2)13-6-8-14(21-3)9-7-13/h6-9,12H,4-5,10-11H2,1-3H3,(H,17,19)(H,18,20). The van der Waals surface area contributed by atoms with Gasteiger partial charge in [0.1, 0.15) is 5.75 Å². The molecule has 0 radical (unpaired) electrons. The number of amides is 2. The highest BCUT2D eigenvalue weighted by Gasteiger charge is 2.16. The first-order valence-corrected chi connectivity index (χ1v) is 7.38. The summed E-state index contributed by atoms with van der Waals surface area (Å²) in [5.74, 6) is -0.522. The van der Waals surface area contributed by atoms with E-state index in [2.05, 4.69) is 10.6 Å². The van der Waals surface area contributed by atoms with Crippen molar-refractivity contribution in [3.8, 4) is 5.75 Å². The Morgan fingerprint density at radius 3 is 2.45 bits per heavy atom. The maximum Gasteiger partial charge on any atom is 0.309 e. The molecule has 122 valence electrons. The minimum absolute atomic E-state index is 0.257. The van der Waals surface area contributed by atoms with E-state index in [-0.39, 0.29) is 6.04 Å². The fourth-order valence-corrected chi connectivity index (χ4v) is 1.84. The summed E-state index contributed by atoms with van der Waals surface area (Å²) in [6.45, 7) is 5.37. The Kier molecular flexibility index (Phi) is 7.99. The van der Waals surface area contributed by atoms with Crippen LogP contribution in [0.2, 0.25) is 0 Å². The van der Waals surface area contributed by atoms with Gasteiger partial charge in [-0.2, -0.15) is 0 Å². The van der Waals surface area contributed by atoms with E-state index in [4.69, 9.17) is 9.47 Å². The van der Waals surface area contributed by atoms with Crippen molar-refractivity contribution in [2.45, 2.75) is 26.3 Å². The lowest BCUT2D eigenvalue weighted by Gasteiger charge is -2.14. The Bertz CT molecular complexity index is 474. The fourth-order valence-electron chi connectivity index (χ4n) is 1.84. The molecule has 22 heavy (non-hydrogen) atoms. The van der Waals surface area contributed by atoms with Gasteiger partial charge >= 0.3 is 11.8 Å². The largest absolute Gasteiger partial charge is 0.497 e. The van der Waals surface area contributed by atoms with Crippen LogP contribution in [0.25, 0.3) is 0 Å². The van der Waals surface area contributed by atoms with Crippen molar-refractivity contribution in [1.29, 1.82) is 0 Å². The molecule has 6 nitrogen and oxygen atoms in total. The van der Waals surface area contributed by atoms with Gasteiger partial charge < -0.3 is 20.1 Å². The molecule has 2 N–H and O–H groups in total. The Labute approximate surface area is 131 Å². The summed E-state index contributed by atoms with van der Waals surface area (Å²) in [6, 6.07) is 7.07. The van der Waals surface area contributed by atoms with Crippen LogP contribution >= 0.6 is 0 Å². The summed E-state index contributed by atoms with van der Waals surface area (Å²) in [5.41, 5.74) is 0.901. The number of ether oxygens (including phenoxy) is 2. The zero-order valence-corrected chi connectivity index (χ0v) is 13.3. The maximum absolute atomic E-state index is 11.8. The number of rotatable bonds is 8. The Morgan fingerprint density at radius 2 is 1.86 bits per heavy atom. The van der Waals surface area contributed by atoms with Gasteiger partial charge in [0.2, 0.25) is 0 Å². The summed E-state index contributed by atoms with van der Waals surface area (Å²) in [6.07, 6.45) is 0.681. The van der Waals surface area contributed by atoms with Gasteiger partial charge in [-0.05, 0) is 38.0 Å². The van der Waals surface area contributed by atoms with E-state index in [1.54, 1.807) is 7.11 Å². The second kappa shape index (κ2) is 9.78. The van der Waals surface area contributed by atoms with Crippen molar-refractivity contribution in [3.05, 3.63) is 29.8 Å². The molecule has 0 aromatic heterocycles. The first-order valence-electron chi connectivity index (χ1n) is 7.38. The highest BCUT2D eigenvalue weighted by molar-refractivity contribution is 6.35. The Hall–Kier alpha value is -2.08. The summed E-state index contributed by atoms with van der Waals surface area (Å²) in [7, 11) is 1.59. The van der Waals surface area contributed by atoms with E-state index in [1.807, 2.05) is 38.1 Å². The molecule has 0 heterocycles. The molecular formula is C16H24N2O4. The predicted molar refractivity (Wildman–Crippen MR) is 83.7 cm³/mol. The van der Waals surface area contributed by atoms with E-state index in [0.717, 1.165) is 11.3 Å². The van der Waals surface area contributed by atoms with Crippen molar-refractivity contribution in [2.24, 2.45) is 0 Å². The molecule has 1 unspecified atom stereocenters. The molecule has 0 saturated heterocycles. The zero-order chi connectivity index (χ0) is 16.4. The number of methoxy groups -OCH3 is 1. The van der Waals surface area contributed by atoms with Gasteiger partial charge in [0, 0.05) is 19.8 Å². The van der Waals surface area contributed by atoms with E-state index in [9.17, 15) is 9.59 Å². The lowest BCUT2D eigenvalue weighted by molar-refractivity contribution is -0.139. The van der Waals surface area contributed by atoms with E-state index in [1.165, 1.54) is 0 Å². The average Bonchev–Trinajstić information content (AvgIpc) is 2.54. The van der Waals surface area contributed by atoms with Crippen molar-refractivity contribution >= 4 is 11.8 Å². The van der Waals surface area contributed by atoms with Crippen molar-refractivity contribution < 1.29 is 19.1 Å². The molecule has 6 heteroatoms. The highest BCUT2D eigenvalue weighted by atomic mass is 16.5. The van der Waals surface area contributed by atoms with Gasteiger partial charge in [0.05, 0.1) is 13.2 Å². The third-order valence-electron chi connectivity index (χ3n) is 3.12. The monoisotopic (exact) mass is 308 g/mol. The third kappa shape index (κ3) is 6.13. The van der Waals surface area contributed by atoms with Crippen LogP contribution in [0.15, 0.2) is 24.3 Å². The van der Waals surface area contributed by atoms with Gasteiger partial charge in [-0.15, -0.1) is 0 Å². The molecule has 0 saturated carbocycles. The number of hydrogen-bond acceptors (Lipinski definition) is 4. The van der Waals surface area contributed by atoms with Crippen LogP contribution in [-0.4, -0.2) is 38.7 Å². The quantitative estimate of drug-likeness (QED) is 0.562. The predicted octanol–water partition coefficient (Wildman–Crippen LogP) is 1.42. The van der Waals surface area contributed by atoms with Crippen molar-refractivity contribution in [1.82, 2.24) is 10.6 Å². The van der Waals surface area contributed by atoms with E-state index < -0.39 is 11.8 Å². The van der Waals surface area contributed by atoms with Crippen molar-refractivity contribution in [3.63, 3.8) is 0 Å². The van der Waals surface area contributed by atoms with Crippen LogP contribution in [-0.2, 0) is 14.3 Å². The molecule has 1 aromatic carbocycles. The zero-order valence-electron chi connectivity index (χ0n) is 13.3. The lowest BCUT2D eigenvalue weighted by Crippen LogP contribution is -2.41. The molecular weight excluding hydrogens is 284 g/mol. The maximum atomic E-state index is 11.8. The van der Waals surface area contributed by atoms with Crippen LogP contribution in [0.1, 0.15) is 31.9 Å². The minimum atomic E-state index is -0.639. The fraction of sp³-hybridized carbons (Fsp3) is 0.500. The summed E-state index contributed by atoms with van der Waals surface area (Å²) in [4.78, 5) is 23.4. The summed E-state index contributed by atoms with van der Waals surface area (Å²) < 4.78 is 10.2. The molecule has 0 aliphatic carbocycles. The SMILES string of the molecule is CCOCCCNC(=O)C(=O)NC(C)c1ccc(OC)cc1. The van der Waals surface area contributed by atoms with Crippen LogP contribution in [0.5, 0.6) is 5.75 Å². The second-order valence-corrected chi connectivity index (χ2v) is 4.77. The second-order valence-electron chi connectivity index (χ2n) is 4.77. The van der Waals surface area contributed by atoms with Crippen LogP contribution in [0.4, 0.5) is 0 Å². The minimum Gasteiger partial charge on any atom is -0.497 e. The number of benzene rings is 1. The van der Waals surface area contributed by atoms with E-state index in [0.29, 0.717) is 26.2 Å². The Balaban J connectivity index is 2.37. The van der Waals surface area contributed by atoms with Crippen LogP contribution in [0.3, 0.4) is 0 Å². The highest BCUT2D eigenvalue weighted by Crippen LogP contribution is 2.16. The van der Waals surface area contributed by atoms with Gasteiger partial charge in [0.15, 0.2) is 0 Å². The first kappa shape index (κ1) is 18.0. The van der Waals surface area contributed by atoms with Crippen LogP contribution in [0, 0.1) is 0 Å². The van der Waals surface area contributed by atoms with Crippen LogP contribution < -0.4 is 15.4 Å². The molecule has 0 bridgehead atoms. The molecule has 2 amide bonds. The molecule has 0 spiro atoms. The lowest BCUT2D eigenvalue weighted by atomic mass is 10.1. The molecule has 0 fully saturated rings.